The Morgan fingerprint density at radius 2 is 1.76 bits per heavy atom. The van der Waals surface area contributed by atoms with Crippen LogP contribution in [0.25, 0.3) is 28.1 Å². The Hall–Kier alpha value is -5.11. The van der Waals surface area contributed by atoms with Crippen molar-refractivity contribution in [1.29, 1.82) is 0 Å². The summed E-state index contributed by atoms with van der Waals surface area (Å²) < 4.78 is 21.6. The maximum atomic E-state index is 15.8. The molecule has 188 valence electrons. The third-order valence-electron chi connectivity index (χ3n) is 6.07. The molecule has 5 aromatic rings. The van der Waals surface area contributed by atoms with Crippen molar-refractivity contribution in [2.24, 2.45) is 0 Å². The average molecular weight is 507 g/mol. The number of H-pyrrole nitrogens is 1. The molecular weight excluding hydrogens is 483 g/mol. The number of benzene rings is 3. The number of fused-ring (bicyclic) bond motifs is 1. The lowest BCUT2D eigenvalue weighted by Gasteiger charge is -2.18. The summed E-state index contributed by atoms with van der Waals surface area (Å²) in [5.41, 5.74) is 5.18. The third-order valence-corrected chi connectivity index (χ3v) is 6.07. The van der Waals surface area contributed by atoms with E-state index in [2.05, 4.69) is 20.2 Å². The molecule has 0 bridgehead atoms. The molecule has 0 amide bonds. The Morgan fingerprint density at radius 3 is 2.45 bits per heavy atom. The normalized spacial score (nSPS) is 12.1. The smallest absolute Gasteiger partial charge is 0.328 e. The second-order valence-corrected chi connectivity index (χ2v) is 8.43. The van der Waals surface area contributed by atoms with Crippen LogP contribution in [0.1, 0.15) is 35.6 Å². The molecule has 38 heavy (non-hydrogen) atoms. The molecule has 7 nitrogen and oxygen atoms in total. The highest BCUT2D eigenvalue weighted by Gasteiger charge is 2.19. The number of halogens is 1. The SMILES string of the molecule is CC/C(=C(/c1ccc(/C=C/C(=O)O)cc1)c1ccc2[nH]ncc2c1F)c1ccc(Oc2cnccn2)cc1. The van der Waals surface area contributed by atoms with E-state index in [1.54, 1.807) is 18.5 Å². The van der Waals surface area contributed by atoms with Crippen LogP contribution in [-0.2, 0) is 4.79 Å². The molecule has 0 aliphatic carbocycles. The second-order valence-electron chi connectivity index (χ2n) is 8.43. The number of ether oxygens (including phenoxy) is 1. The lowest BCUT2D eigenvalue weighted by Crippen LogP contribution is -1.99. The van der Waals surface area contributed by atoms with Gasteiger partial charge in [0, 0.05) is 24.0 Å². The maximum absolute atomic E-state index is 15.8. The average Bonchev–Trinajstić information content (AvgIpc) is 3.43. The number of carboxylic acid groups (broad SMARTS) is 1. The van der Waals surface area contributed by atoms with Gasteiger partial charge in [-0.2, -0.15) is 5.10 Å². The van der Waals surface area contributed by atoms with E-state index in [1.807, 2.05) is 61.5 Å². The fourth-order valence-electron chi connectivity index (χ4n) is 4.31. The lowest BCUT2D eigenvalue weighted by atomic mass is 9.87. The third kappa shape index (κ3) is 5.19. The van der Waals surface area contributed by atoms with E-state index in [0.29, 0.717) is 34.5 Å². The van der Waals surface area contributed by atoms with Gasteiger partial charge in [-0.25, -0.2) is 14.2 Å². The zero-order chi connectivity index (χ0) is 26.5. The van der Waals surface area contributed by atoms with Crippen molar-refractivity contribution >= 4 is 34.1 Å². The van der Waals surface area contributed by atoms with Crippen LogP contribution in [0.2, 0.25) is 0 Å². The van der Waals surface area contributed by atoms with Gasteiger partial charge in [0.15, 0.2) is 0 Å². The molecule has 3 aromatic carbocycles. The van der Waals surface area contributed by atoms with Crippen molar-refractivity contribution in [3.05, 3.63) is 120 Å². The van der Waals surface area contributed by atoms with E-state index in [-0.39, 0.29) is 5.82 Å². The first-order valence-corrected chi connectivity index (χ1v) is 11.9. The summed E-state index contributed by atoms with van der Waals surface area (Å²) >= 11 is 0. The molecular formula is C30H23FN4O3. The Labute approximate surface area is 218 Å². The molecule has 2 heterocycles. The molecule has 8 heteroatoms. The Morgan fingerprint density at radius 1 is 1.00 bits per heavy atom. The number of nitrogens with zero attached hydrogens (tertiary/aromatic N) is 3. The van der Waals surface area contributed by atoms with E-state index >= 15 is 4.39 Å². The summed E-state index contributed by atoms with van der Waals surface area (Å²) in [5.74, 6) is -0.397. The number of aromatic amines is 1. The van der Waals surface area contributed by atoms with Crippen LogP contribution in [-0.4, -0.2) is 31.2 Å². The van der Waals surface area contributed by atoms with E-state index in [9.17, 15) is 4.79 Å². The van der Waals surface area contributed by atoms with Gasteiger partial charge in [-0.1, -0.05) is 43.3 Å². The summed E-state index contributed by atoms with van der Waals surface area (Å²) in [5, 5.41) is 16.1. The van der Waals surface area contributed by atoms with Crippen molar-refractivity contribution in [2.45, 2.75) is 13.3 Å². The molecule has 0 aliphatic rings. The van der Waals surface area contributed by atoms with Crippen LogP contribution in [0, 0.1) is 5.82 Å². The lowest BCUT2D eigenvalue weighted by molar-refractivity contribution is -0.131. The number of rotatable bonds is 8. The first-order valence-electron chi connectivity index (χ1n) is 11.9. The number of hydrogen-bond acceptors (Lipinski definition) is 5. The van der Waals surface area contributed by atoms with E-state index < -0.39 is 5.97 Å². The first-order chi connectivity index (χ1) is 18.5. The standard InChI is InChI=1S/C30H23FN4O3/c1-2-23(20-8-10-22(11-9-20)38-27-18-32-15-16-33-27)29(21-6-3-19(4-7-21)5-14-28(36)37)24-12-13-26-25(30(24)31)17-34-35-26/h3-18H,2H2,1H3,(H,34,35)(H,36,37)/b14-5+,29-23+. The molecule has 0 aliphatic heterocycles. The highest BCUT2D eigenvalue weighted by molar-refractivity contribution is 6.01. The van der Waals surface area contributed by atoms with Crippen molar-refractivity contribution in [2.75, 3.05) is 0 Å². The van der Waals surface area contributed by atoms with Gasteiger partial charge in [-0.15, -0.1) is 0 Å². The topological polar surface area (TPSA) is 101 Å². The van der Waals surface area contributed by atoms with Crippen LogP contribution in [0.3, 0.4) is 0 Å². The van der Waals surface area contributed by atoms with Crippen molar-refractivity contribution < 1.29 is 19.0 Å². The Bertz CT molecular complexity index is 1640. The predicted molar refractivity (Wildman–Crippen MR) is 144 cm³/mol. The number of nitrogens with one attached hydrogen (secondary N) is 1. The summed E-state index contributed by atoms with van der Waals surface area (Å²) in [6.45, 7) is 2.03. The fraction of sp³-hybridized carbons (Fsp3) is 0.0667. The number of hydrogen-bond donors (Lipinski definition) is 2. The molecule has 0 radical (unpaired) electrons. The minimum atomic E-state index is -1.02. The zero-order valence-electron chi connectivity index (χ0n) is 20.4. The summed E-state index contributed by atoms with van der Waals surface area (Å²) in [7, 11) is 0. The number of aromatic nitrogens is 4. The summed E-state index contributed by atoms with van der Waals surface area (Å²) in [4.78, 5) is 19.1. The number of allylic oxidation sites excluding steroid dienone is 1. The quantitative estimate of drug-likeness (QED) is 0.178. The fourth-order valence-corrected chi connectivity index (χ4v) is 4.31. The second kappa shape index (κ2) is 10.9. The highest BCUT2D eigenvalue weighted by atomic mass is 19.1. The van der Waals surface area contributed by atoms with Gasteiger partial charge in [0.1, 0.15) is 11.6 Å². The zero-order valence-corrected chi connectivity index (χ0v) is 20.4. The molecule has 2 aromatic heterocycles. The molecule has 0 spiro atoms. The van der Waals surface area contributed by atoms with Gasteiger partial charge in [0.25, 0.3) is 0 Å². The van der Waals surface area contributed by atoms with Crippen LogP contribution in [0.5, 0.6) is 11.6 Å². The highest BCUT2D eigenvalue weighted by Crippen LogP contribution is 2.38. The van der Waals surface area contributed by atoms with E-state index in [4.69, 9.17) is 9.84 Å². The Balaban J connectivity index is 1.62. The molecule has 2 N–H and O–H groups in total. The van der Waals surface area contributed by atoms with E-state index in [0.717, 1.165) is 33.9 Å². The van der Waals surface area contributed by atoms with Crippen molar-refractivity contribution in [3.63, 3.8) is 0 Å². The molecule has 0 unspecified atom stereocenters. The predicted octanol–water partition coefficient (Wildman–Crippen LogP) is 6.75. The molecule has 0 saturated heterocycles. The van der Waals surface area contributed by atoms with Gasteiger partial charge in [0.05, 0.1) is 23.3 Å². The van der Waals surface area contributed by atoms with Gasteiger partial charge >= 0.3 is 5.97 Å². The minimum absolute atomic E-state index is 0.366. The molecule has 0 atom stereocenters. The van der Waals surface area contributed by atoms with Gasteiger partial charge < -0.3 is 9.84 Å². The molecule has 0 fully saturated rings. The summed E-state index contributed by atoms with van der Waals surface area (Å²) in [6.07, 6.45) is 9.38. The van der Waals surface area contributed by atoms with Crippen LogP contribution < -0.4 is 4.74 Å². The van der Waals surface area contributed by atoms with Crippen molar-refractivity contribution in [3.8, 4) is 11.6 Å². The van der Waals surface area contributed by atoms with Gasteiger partial charge in [0.2, 0.25) is 5.88 Å². The molecule has 0 saturated carbocycles. The van der Waals surface area contributed by atoms with Crippen LogP contribution in [0.15, 0.2) is 91.5 Å². The Kier molecular flexibility index (Phi) is 7.04. The largest absolute Gasteiger partial charge is 0.478 e. The van der Waals surface area contributed by atoms with Gasteiger partial charge in [-0.3, -0.25) is 10.1 Å². The van der Waals surface area contributed by atoms with E-state index in [1.165, 1.54) is 18.5 Å². The minimum Gasteiger partial charge on any atom is -0.478 e. The van der Waals surface area contributed by atoms with Crippen LogP contribution >= 0.6 is 0 Å². The number of aliphatic carboxylic acids is 1. The maximum Gasteiger partial charge on any atom is 0.328 e. The van der Waals surface area contributed by atoms with Crippen LogP contribution in [0.4, 0.5) is 4.39 Å². The summed E-state index contributed by atoms with van der Waals surface area (Å²) in [6, 6.07) is 18.5. The monoisotopic (exact) mass is 506 g/mol. The van der Waals surface area contributed by atoms with Crippen molar-refractivity contribution in [1.82, 2.24) is 20.2 Å². The number of carboxylic acids is 1. The molecule has 5 rings (SSSR count). The van der Waals surface area contributed by atoms with Gasteiger partial charge in [-0.05, 0) is 64.6 Å². The first kappa shape index (κ1) is 24.6. The number of carbonyl (C=O) groups is 1.